The Labute approximate surface area is 154 Å². The van der Waals surface area contributed by atoms with E-state index in [1.807, 2.05) is 23.7 Å². The summed E-state index contributed by atoms with van der Waals surface area (Å²) >= 11 is 7.41. The number of halogens is 1. The van der Waals surface area contributed by atoms with Crippen LogP contribution >= 0.6 is 22.9 Å². The molecule has 25 heavy (non-hydrogen) atoms. The number of rotatable bonds is 5. The predicted octanol–water partition coefficient (Wildman–Crippen LogP) is 2.51. The molecule has 6 nitrogen and oxygen atoms in total. The molecule has 2 heterocycles. The maximum atomic E-state index is 12.3. The molecule has 3 rings (SSSR count). The van der Waals surface area contributed by atoms with Crippen LogP contribution in [-0.4, -0.2) is 25.4 Å². The van der Waals surface area contributed by atoms with E-state index in [0.717, 1.165) is 15.8 Å². The van der Waals surface area contributed by atoms with Crippen LogP contribution in [0.25, 0.3) is 10.2 Å². The minimum atomic E-state index is -3.69. The molecule has 1 amide bonds. The predicted molar refractivity (Wildman–Crippen MR) is 99.7 cm³/mol. The Kier molecular flexibility index (Phi) is 4.88. The van der Waals surface area contributed by atoms with Crippen molar-refractivity contribution < 1.29 is 13.2 Å². The van der Waals surface area contributed by atoms with Crippen molar-refractivity contribution >= 4 is 49.1 Å². The summed E-state index contributed by atoms with van der Waals surface area (Å²) < 4.78 is 25.9. The van der Waals surface area contributed by atoms with Gasteiger partial charge in [-0.1, -0.05) is 23.7 Å². The highest BCUT2D eigenvalue weighted by molar-refractivity contribution is 7.89. The summed E-state index contributed by atoms with van der Waals surface area (Å²) in [6, 6.07) is 9.95. The number of nitrogens with two attached hydrogens (primary N) is 1. The summed E-state index contributed by atoms with van der Waals surface area (Å²) in [6.07, 6.45) is 0.585. The summed E-state index contributed by atoms with van der Waals surface area (Å²) in [5, 5.41) is 7.93. The number of carbonyl (C=O) groups excluding carboxylic acids is 1. The number of amides is 1. The van der Waals surface area contributed by atoms with E-state index in [-0.39, 0.29) is 10.8 Å². The van der Waals surface area contributed by atoms with Crippen molar-refractivity contribution in [2.24, 2.45) is 12.2 Å². The van der Waals surface area contributed by atoms with E-state index < -0.39 is 10.0 Å². The molecule has 0 saturated carbocycles. The number of carbonyl (C=O) groups is 1. The van der Waals surface area contributed by atoms with Crippen LogP contribution in [0.4, 0.5) is 0 Å². The number of sulfonamides is 1. The van der Waals surface area contributed by atoms with Crippen molar-refractivity contribution in [3.05, 3.63) is 52.0 Å². The number of nitrogens with one attached hydrogen (secondary N) is 1. The maximum absolute atomic E-state index is 12.3. The first kappa shape index (κ1) is 17.9. The van der Waals surface area contributed by atoms with Gasteiger partial charge in [0.25, 0.3) is 5.91 Å². The number of benzene rings is 1. The van der Waals surface area contributed by atoms with E-state index in [9.17, 15) is 13.2 Å². The van der Waals surface area contributed by atoms with Gasteiger partial charge in [-0.2, -0.15) is 0 Å². The Morgan fingerprint density at radius 1 is 1.28 bits per heavy atom. The number of nitrogens with zero attached hydrogens (tertiary/aromatic N) is 1. The van der Waals surface area contributed by atoms with Gasteiger partial charge >= 0.3 is 0 Å². The van der Waals surface area contributed by atoms with Crippen LogP contribution in [0, 0.1) is 0 Å². The van der Waals surface area contributed by atoms with Crippen molar-refractivity contribution in [2.45, 2.75) is 11.3 Å². The van der Waals surface area contributed by atoms with Crippen LogP contribution in [0.1, 0.15) is 16.1 Å². The molecule has 3 aromatic rings. The SMILES string of the molecule is Cn1c(C(=O)NCCc2ccc(S(N)(=O)=O)cc2)cc2sc(Cl)cc21. The van der Waals surface area contributed by atoms with E-state index in [4.69, 9.17) is 16.7 Å². The highest BCUT2D eigenvalue weighted by Crippen LogP contribution is 2.31. The van der Waals surface area contributed by atoms with Gasteiger partial charge in [-0.25, -0.2) is 13.6 Å². The molecule has 9 heteroatoms. The molecule has 0 aliphatic rings. The fourth-order valence-electron chi connectivity index (χ4n) is 2.56. The molecule has 0 atom stereocenters. The normalized spacial score (nSPS) is 11.8. The maximum Gasteiger partial charge on any atom is 0.267 e. The lowest BCUT2D eigenvalue weighted by atomic mass is 10.1. The van der Waals surface area contributed by atoms with Crippen molar-refractivity contribution in [3.63, 3.8) is 0 Å². The Balaban J connectivity index is 1.62. The first-order valence-corrected chi connectivity index (χ1v) is 10.1. The third-order valence-electron chi connectivity index (χ3n) is 3.88. The monoisotopic (exact) mass is 397 g/mol. The summed E-state index contributed by atoms with van der Waals surface area (Å²) in [6.45, 7) is 0.438. The topological polar surface area (TPSA) is 94.2 Å². The molecule has 1 aromatic carbocycles. The lowest BCUT2D eigenvalue weighted by Crippen LogP contribution is -2.27. The van der Waals surface area contributed by atoms with E-state index in [0.29, 0.717) is 23.0 Å². The van der Waals surface area contributed by atoms with E-state index in [2.05, 4.69) is 5.32 Å². The minimum Gasteiger partial charge on any atom is -0.350 e. The standard InChI is InChI=1S/C16H16ClN3O3S2/c1-20-12-9-15(17)24-14(12)8-13(20)16(21)19-7-6-10-2-4-11(5-3-10)25(18,22)23/h2-5,8-9H,6-7H2,1H3,(H,19,21)(H2,18,22,23). The zero-order valence-corrected chi connectivity index (χ0v) is 15.7. The molecule has 0 fully saturated rings. The minimum absolute atomic E-state index is 0.0721. The summed E-state index contributed by atoms with van der Waals surface area (Å²) in [5.74, 6) is -0.164. The summed E-state index contributed by atoms with van der Waals surface area (Å²) in [7, 11) is -1.86. The first-order chi connectivity index (χ1) is 11.8. The molecule has 3 N–H and O–H groups in total. The molecule has 0 radical (unpaired) electrons. The molecular weight excluding hydrogens is 382 g/mol. The third kappa shape index (κ3) is 3.87. The number of thiophene rings is 1. The van der Waals surface area contributed by atoms with Crippen LogP contribution in [0.2, 0.25) is 4.34 Å². The van der Waals surface area contributed by atoms with E-state index >= 15 is 0 Å². The van der Waals surface area contributed by atoms with Crippen molar-refractivity contribution in [3.8, 4) is 0 Å². The van der Waals surface area contributed by atoms with Gasteiger partial charge in [0.1, 0.15) is 5.69 Å². The molecule has 0 spiro atoms. The van der Waals surface area contributed by atoms with E-state index in [1.54, 1.807) is 12.1 Å². The average molecular weight is 398 g/mol. The first-order valence-electron chi connectivity index (χ1n) is 7.40. The van der Waals surface area contributed by atoms with Crippen LogP contribution in [0.15, 0.2) is 41.3 Å². The molecular formula is C16H16ClN3O3S2. The number of hydrogen-bond acceptors (Lipinski definition) is 4. The van der Waals surface area contributed by atoms with Gasteiger partial charge in [0.2, 0.25) is 10.0 Å². The van der Waals surface area contributed by atoms with Gasteiger partial charge in [-0.05, 0) is 36.2 Å². The zero-order chi connectivity index (χ0) is 18.2. The van der Waals surface area contributed by atoms with E-state index in [1.165, 1.54) is 23.5 Å². The number of fused-ring (bicyclic) bond motifs is 1. The largest absolute Gasteiger partial charge is 0.350 e. The van der Waals surface area contributed by atoms with Gasteiger partial charge in [0.05, 0.1) is 19.4 Å². The number of hydrogen-bond donors (Lipinski definition) is 2. The quantitative estimate of drug-likeness (QED) is 0.692. The molecule has 0 unspecified atom stereocenters. The third-order valence-corrected chi connectivity index (χ3v) is 6.01. The summed E-state index contributed by atoms with van der Waals surface area (Å²) in [5.41, 5.74) is 2.41. The van der Waals surface area contributed by atoms with Crippen LogP contribution in [-0.2, 0) is 23.5 Å². The lowest BCUT2D eigenvalue weighted by molar-refractivity contribution is 0.0946. The smallest absolute Gasteiger partial charge is 0.267 e. The van der Waals surface area contributed by atoms with Crippen LogP contribution in [0.5, 0.6) is 0 Å². The van der Waals surface area contributed by atoms with Crippen molar-refractivity contribution in [2.75, 3.05) is 6.54 Å². The fraction of sp³-hybridized carbons (Fsp3) is 0.188. The number of aryl methyl sites for hydroxylation is 1. The fourth-order valence-corrected chi connectivity index (χ4v) is 4.28. The second-order valence-electron chi connectivity index (χ2n) is 5.58. The molecule has 0 aliphatic carbocycles. The van der Waals surface area contributed by atoms with Gasteiger partial charge in [0.15, 0.2) is 0 Å². The van der Waals surface area contributed by atoms with Crippen LogP contribution < -0.4 is 10.5 Å². The second-order valence-corrected chi connectivity index (χ2v) is 8.86. The highest BCUT2D eigenvalue weighted by Gasteiger charge is 2.15. The lowest BCUT2D eigenvalue weighted by Gasteiger charge is -2.07. The van der Waals surface area contributed by atoms with Gasteiger partial charge in [0, 0.05) is 13.6 Å². The van der Waals surface area contributed by atoms with Gasteiger partial charge in [-0.3, -0.25) is 4.79 Å². The Morgan fingerprint density at radius 2 is 1.96 bits per heavy atom. The Morgan fingerprint density at radius 3 is 2.56 bits per heavy atom. The van der Waals surface area contributed by atoms with Gasteiger partial charge < -0.3 is 9.88 Å². The molecule has 2 aromatic heterocycles. The molecule has 0 aliphatic heterocycles. The molecule has 132 valence electrons. The molecule has 0 bridgehead atoms. The second kappa shape index (κ2) is 6.80. The molecule has 0 saturated heterocycles. The number of primary sulfonamides is 1. The average Bonchev–Trinajstić information content (AvgIpc) is 3.05. The van der Waals surface area contributed by atoms with Gasteiger partial charge in [-0.15, -0.1) is 11.3 Å². The highest BCUT2D eigenvalue weighted by atomic mass is 35.5. The summed E-state index contributed by atoms with van der Waals surface area (Å²) in [4.78, 5) is 12.4. The van der Waals surface area contributed by atoms with Crippen molar-refractivity contribution in [1.29, 1.82) is 0 Å². The van der Waals surface area contributed by atoms with Crippen molar-refractivity contribution in [1.82, 2.24) is 9.88 Å². The Hall–Kier alpha value is -1.87. The Bertz CT molecular complexity index is 1040. The zero-order valence-electron chi connectivity index (χ0n) is 13.3. The van der Waals surface area contributed by atoms with Crippen LogP contribution in [0.3, 0.4) is 0 Å². The number of aromatic nitrogens is 1.